The Bertz CT molecular complexity index is 1570. The highest BCUT2D eigenvalue weighted by Crippen LogP contribution is 2.33. The monoisotopic (exact) mass is 560 g/mol. The fourth-order valence-corrected chi connectivity index (χ4v) is 5.52. The molecule has 13 heteroatoms. The van der Waals surface area contributed by atoms with Crippen LogP contribution in [0.1, 0.15) is 31.9 Å². The molecular weight excluding hydrogens is 529 g/mol. The number of rotatable bonds is 7. The highest BCUT2D eigenvalue weighted by Gasteiger charge is 2.43. The molecule has 10 nitrogen and oxygen atoms in total. The number of allylic oxidation sites excluding steroid dienone is 2. The maximum absolute atomic E-state index is 13.9. The lowest BCUT2D eigenvalue weighted by Crippen LogP contribution is -2.42. The summed E-state index contributed by atoms with van der Waals surface area (Å²) in [4.78, 5) is 46.1. The molecule has 1 N–H and O–H groups in total. The number of carbonyl (C=O) groups excluding carboxylic acids is 1. The van der Waals surface area contributed by atoms with Crippen molar-refractivity contribution in [3.63, 3.8) is 0 Å². The van der Waals surface area contributed by atoms with Crippen LogP contribution in [-0.2, 0) is 29.7 Å². The van der Waals surface area contributed by atoms with Crippen LogP contribution < -0.4 is 21.5 Å². The third-order valence-corrected chi connectivity index (χ3v) is 7.60. The van der Waals surface area contributed by atoms with Crippen molar-refractivity contribution in [1.82, 2.24) is 24.0 Å². The number of alkyl halides is 3. The van der Waals surface area contributed by atoms with E-state index in [1.807, 2.05) is 19.9 Å². The van der Waals surface area contributed by atoms with Crippen LogP contribution in [0, 0.1) is 5.92 Å². The molecule has 3 atom stereocenters. The van der Waals surface area contributed by atoms with Gasteiger partial charge in [0, 0.05) is 39.3 Å². The lowest BCUT2D eigenvalue weighted by atomic mass is 10.1. The molecule has 2 aliphatic rings. The van der Waals surface area contributed by atoms with Crippen LogP contribution in [0.25, 0.3) is 11.2 Å². The Morgan fingerprint density at radius 2 is 1.90 bits per heavy atom. The first kappa shape index (κ1) is 27.7. The number of nitrogens with one attached hydrogen (secondary N) is 1. The summed E-state index contributed by atoms with van der Waals surface area (Å²) < 4.78 is 47.9. The second kappa shape index (κ2) is 10.6. The van der Waals surface area contributed by atoms with E-state index >= 15 is 0 Å². The number of benzene rings is 1. The fraction of sp³-hybridized carbons (Fsp3) is 0.481. The second-order valence-corrected chi connectivity index (χ2v) is 10.5. The molecule has 0 amide bonds. The maximum Gasteiger partial charge on any atom is 0.490 e. The molecule has 2 fully saturated rings. The largest absolute Gasteiger partial charge is 0.490 e. The van der Waals surface area contributed by atoms with Gasteiger partial charge in [-0.2, -0.15) is 18.2 Å². The number of esters is 1. The number of carbonyl (C=O) groups is 1. The molecule has 5 rings (SSSR count). The van der Waals surface area contributed by atoms with Crippen molar-refractivity contribution in [2.75, 3.05) is 24.5 Å². The number of aryl methyl sites for hydroxylation is 1. The van der Waals surface area contributed by atoms with Gasteiger partial charge >= 0.3 is 17.8 Å². The minimum atomic E-state index is -5.24. The first-order valence-electron chi connectivity index (χ1n) is 13.1. The third-order valence-electron chi connectivity index (χ3n) is 7.60. The van der Waals surface area contributed by atoms with Gasteiger partial charge < -0.3 is 19.5 Å². The van der Waals surface area contributed by atoms with Crippen LogP contribution in [0.2, 0.25) is 0 Å². The molecule has 3 aromatic rings. The Balaban J connectivity index is 1.65. The Hall–Kier alpha value is -3.87. The number of aromatic nitrogens is 4. The van der Waals surface area contributed by atoms with E-state index in [0.717, 1.165) is 36.2 Å². The quantitative estimate of drug-likeness (QED) is 0.350. The average Bonchev–Trinajstić information content (AvgIpc) is 3.62. The molecule has 1 aromatic carbocycles. The van der Waals surface area contributed by atoms with Crippen molar-refractivity contribution in [2.24, 2.45) is 13.0 Å². The second-order valence-electron chi connectivity index (χ2n) is 10.5. The van der Waals surface area contributed by atoms with Crippen LogP contribution in [0.3, 0.4) is 0 Å². The van der Waals surface area contributed by atoms with E-state index in [1.165, 1.54) is 23.7 Å². The fourth-order valence-electron chi connectivity index (χ4n) is 5.52. The van der Waals surface area contributed by atoms with Gasteiger partial charge in [0.25, 0.3) is 5.56 Å². The lowest BCUT2D eigenvalue weighted by Gasteiger charge is -2.25. The normalized spacial score (nSPS) is 19.6. The number of halogens is 3. The first-order valence-corrected chi connectivity index (χ1v) is 13.1. The first-order chi connectivity index (χ1) is 19.0. The molecule has 0 bridgehead atoms. The summed E-state index contributed by atoms with van der Waals surface area (Å²) in [7, 11) is 1.46. The van der Waals surface area contributed by atoms with Crippen LogP contribution in [0.15, 0.2) is 51.6 Å². The van der Waals surface area contributed by atoms with Gasteiger partial charge in [-0.3, -0.25) is 13.9 Å². The summed E-state index contributed by atoms with van der Waals surface area (Å²) in [5.41, 5.74) is 0.0667. The van der Waals surface area contributed by atoms with Crippen molar-refractivity contribution in [3.8, 4) is 0 Å². The smallest absolute Gasteiger partial charge is 0.449 e. The molecular formula is C27H31F3N6O4. The zero-order valence-electron chi connectivity index (χ0n) is 22.4. The van der Waals surface area contributed by atoms with E-state index in [1.54, 1.807) is 22.8 Å². The Morgan fingerprint density at radius 1 is 1.18 bits per heavy atom. The summed E-state index contributed by atoms with van der Waals surface area (Å²) in [5, 5.41) is 3.40. The summed E-state index contributed by atoms with van der Waals surface area (Å²) in [5.74, 6) is -1.39. The van der Waals surface area contributed by atoms with Crippen molar-refractivity contribution < 1.29 is 22.7 Å². The van der Waals surface area contributed by atoms with E-state index in [0.29, 0.717) is 18.4 Å². The summed E-state index contributed by atoms with van der Waals surface area (Å²) in [6, 6.07) is 7.92. The molecule has 4 heterocycles. The Kier molecular flexibility index (Phi) is 7.34. The molecule has 0 spiro atoms. The number of fused-ring (bicyclic) bond motifs is 2. The van der Waals surface area contributed by atoms with Crippen LogP contribution in [-0.4, -0.2) is 56.5 Å². The van der Waals surface area contributed by atoms with Gasteiger partial charge in [0.05, 0.1) is 6.54 Å². The molecule has 214 valence electrons. The van der Waals surface area contributed by atoms with Crippen molar-refractivity contribution in [2.45, 2.75) is 51.7 Å². The summed E-state index contributed by atoms with van der Waals surface area (Å²) >= 11 is 0. The van der Waals surface area contributed by atoms with Crippen LogP contribution in [0.5, 0.6) is 0 Å². The minimum Gasteiger partial charge on any atom is -0.449 e. The highest BCUT2D eigenvalue weighted by atomic mass is 19.4. The van der Waals surface area contributed by atoms with Gasteiger partial charge in [-0.05, 0) is 31.7 Å². The number of hydrogen-bond donors (Lipinski definition) is 1. The van der Waals surface area contributed by atoms with E-state index in [2.05, 4.69) is 10.2 Å². The maximum atomic E-state index is 13.9. The molecule has 2 aliphatic heterocycles. The predicted molar refractivity (Wildman–Crippen MR) is 142 cm³/mol. The SMILES string of the molecule is CC(C)=CCn1c(N2CCC3CNCC32)nc2c1c(=O)n(C[C@@H](OC(=O)C(F)(F)F)c1ccccc1)c(=O)n2C. The van der Waals surface area contributed by atoms with E-state index < -0.39 is 36.0 Å². The lowest BCUT2D eigenvalue weighted by molar-refractivity contribution is -0.206. The van der Waals surface area contributed by atoms with E-state index in [4.69, 9.17) is 9.72 Å². The van der Waals surface area contributed by atoms with Gasteiger partial charge in [0.1, 0.15) is 6.10 Å². The van der Waals surface area contributed by atoms with Crippen LogP contribution in [0.4, 0.5) is 19.1 Å². The number of nitrogens with zero attached hydrogens (tertiary/aromatic N) is 5. The standard InChI is InChI=1S/C27H31F3N6O4/c1-16(2)9-11-35-21-22(32-25(35)34-12-10-18-13-31-14-19(18)34)33(3)26(39)36(23(21)37)15-20(17-7-5-4-6-8-17)40-24(38)27(28,29)30/h4-9,18-20,31H,10-15H2,1-3H3/t18?,19?,20-/m1/s1. The summed E-state index contributed by atoms with van der Waals surface area (Å²) in [6.45, 7) is 6.00. The topological polar surface area (TPSA) is 103 Å². The number of imidazole rings is 1. The average molecular weight is 561 g/mol. The zero-order valence-corrected chi connectivity index (χ0v) is 22.4. The molecule has 0 radical (unpaired) electrons. The number of ether oxygens (including phenoxy) is 1. The Labute approximate surface area is 227 Å². The Morgan fingerprint density at radius 3 is 2.58 bits per heavy atom. The highest BCUT2D eigenvalue weighted by molar-refractivity contribution is 5.76. The molecule has 2 saturated heterocycles. The summed E-state index contributed by atoms with van der Waals surface area (Å²) in [6.07, 6.45) is -3.86. The number of hydrogen-bond acceptors (Lipinski definition) is 7. The molecule has 40 heavy (non-hydrogen) atoms. The minimum absolute atomic E-state index is 0.151. The molecule has 2 unspecified atom stereocenters. The zero-order chi connectivity index (χ0) is 28.8. The van der Waals surface area contributed by atoms with Gasteiger partial charge in [-0.1, -0.05) is 42.0 Å². The van der Waals surface area contributed by atoms with Gasteiger partial charge in [-0.25, -0.2) is 9.59 Å². The molecule has 0 saturated carbocycles. The molecule has 2 aromatic heterocycles. The van der Waals surface area contributed by atoms with Crippen molar-refractivity contribution in [3.05, 3.63) is 68.4 Å². The van der Waals surface area contributed by atoms with Gasteiger partial charge in [-0.15, -0.1) is 0 Å². The molecule has 0 aliphatic carbocycles. The van der Waals surface area contributed by atoms with Gasteiger partial charge in [0.2, 0.25) is 5.95 Å². The van der Waals surface area contributed by atoms with Gasteiger partial charge in [0.15, 0.2) is 11.2 Å². The number of anilines is 1. The van der Waals surface area contributed by atoms with E-state index in [9.17, 15) is 27.6 Å². The predicted octanol–water partition coefficient (Wildman–Crippen LogP) is 2.51. The van der Waals surface area contributed by atoms with Crippen molar-refractivity contribution in [1.29, 1.82) is 0 Å². The third kappa shape index (κ3) is 5.05. The van der Waals surface area contributed by atoms with E-state index in [-0.39, 0.29) is 22.8 Å². The van der Waals surface area contributed by atoms with Crippen molar-refractivity contribution >= 4 is 23.1 Å². The van der Waals surface area contributed by atoms with Crippen LogP contribution >= 0.6 is 0 Å².